The highest BCUT2D eigenvalue weighted by Crippen LogP contribution is 2.24. The lowest BCUT2D eigenvalue weighted by atomic mass is 10.1. The Morgan fingerprint density at radius 1 is 1.14 bits per heavy atom. The van der Waals surface area contributed by atoms with Crippen LogP contribution in [0.3, 0.4) is 0 Å². The number of nitrogens with zero attached hydrogens (tertiary/aromatic N) is 2. The van der Waals surface area contributed by atoms with Crippen LogP contribution in [0.25, 0.3) is 10.8 Å². The molecular formula is C15H9Cl2N3O. The average molecular weight is 318 g/mol. The molecule has 0 radical (unpaired) electrons. The first-order valence-corrected chi connectivity index (χ1v) is 6.86. The number of nitrogens with one attached hydrogen (secondary N) is 1. The van der Waals surface area contributed by atoms with Crippen LogP contribution in [0.2, 0.25) is 10.2 Å². The van der Waals surface area contributed by atoms with E-state index >= 15 is 0 Å². The average Bonchev–Trinajstić information content (AvgIpc) is 2.50. The van der Waals surface area contributed by atoms with Gasteiger partial charge in [-0.05, 0) is 23.6 Å². The van der Waals surface area contributed by atoms with Gasteiger partial charge in [0.2, 0.25) is 0 Å². The normalized spacial score (nSPS) is 10.6. The third kappa shape index (κ3) is 2.82. The molecule has 0 saturated carbocycles. The van der Waals surface area contributed by atoms with E-state index in [1.54, 1.807) is 18.5 Å². The minimum absolute atomic E-state index is 0.212. The first kappa shape index (κ1) is 13.8. The van der Waals surface area contributed by atoms with Crippen molar-refractivity contribution in [1.29, 1.82) is 0 Å². The van der Waals surface area contributed by atoms with Crippen LogP contribution in [0.4, 0.5) is 5.69 Å². The van der Waals surface area contributed by atoms with Crippen molar-refractivity contribution < 1.29 is 4.79 Å². The first-order valence-electron chi connectivity index (χ1n) is 6.10. The van der Waals surface area contributed by atoms with Gasteiger partial charge in [-0.15, -0.1) is 0 Å². The minimum Gasteiger partial charge on any atom is -0.321 e. The fourth-order valence-corrected chi connectivity index (χ4v) is 2.35. The number of carbonyl (C=O) groups is 1. The Balaban J connectivity index is 1.99. The maximum atomic E-state index is 12.3. The molecule has 0 aliphatic heterocycles. The molecule has 6 heteroatoms. The topological polar surface area (TPSA) is 54.9 Å². The number of amides is 1. The van der Waals surface area contributed by atoms with Crippen LogP contribution in [0, 0.1) is 0 Å². The second-order valence-corrected chi connectivity index (χ2v) is 5.14. The monoisotopic (exact) mass is 317 g/mol. The summed E-state index contributed by atoms with van der Waals surface area (Å²) in [6.45, 7) is 0. The molecule has 0 spiro atoms. The molecule has 1 aromatic carbocycles. The number of benzene rings is 1. The molecule has 0 atom stereocenters. The van der Waals surface area contributed by atoms with E-state index in [4.69, 9.17) is 23.2 Å². The summed E-state index contributed by atoms with van der Waals surface area (Å²) in [4.78, 5) is 20.2. The number of hydrogen-bond acceptors (Lipinski definition) is 3. The Kier molecular flexibility index (Phi) is 3.73. The van der Waals surface area contributed by atoms with E-state index in [1.165, 1.54) is 12.3 Å². The second-order valence-electron chi connectivity index (χ2n) is 4.34. The van der Waals surface area contributed by atoms with Crippen LogP contribution >= 0.6 is 23.2 Å². The fraction of sp³-hybridized carbons (Fsp3) is 0. The van der Waals surface area contributed by atoms with Crippen molar-refractivity contribution in [3.8, 4) is 0 Å². The van der Waals surface area contributed by atoms with Gasteiger partial charge in [-0.25, -0.2) is 4.98 Å². The summed E-state index contributed by atoms with van der Waals surface area (Å²) >= 11 is 11.8. The minimum atomic E-state index is -0.347. The van der Waals surface area contributed by atoms with Crippen LogP contribution in [0.1, 0.15) is 10.4 Å². The molecule has 2 aromatic heterocycles. The number of anilines is 1. The molecule has 3 aromatic rings. The number of aromatic nitrogens is 2. The maximum Gasteiger partial charge on any atom is 0.257 e. The van der Waals surface area contributed by atoms with Crippen molar-refractivity contribution >= 4 is 45.6 Å². The van der Waals surface area contributed by atoms with E-state index < -0.39 is 0 Å². The highest BCUT2D eigenvalue weighted by Gasteiger charge is 2.13. The summed E-state index contributed by atoms with van der Waals surface area (Å²) < 4.78 is 0. The molecule has 2 heterocycles. The van der Waals surface area contributed by atoms with Gasteiger partial charge in [0, 0.05) is 24.0 Å². The molecule has 104 valence electrons. The summed E-state index contributed by atoms with van der Waals surface area (Å²) in [6, 6.07) is 8.92. The maximum absolute atomic E-state index is 12.3. The zero-order chi connectivity index (χ0) is 14.8. The lowest BCUT2D eigenvalue weighted by molar-refractivity contribution is 0.102. The molecule has 0 aliphatic carbocycles. The molecular weight excluding hydrogens is 309 g/mol. The van der Waals surface area contributed by atoms with Crippen molar-refractivity contribution in [2.75, 3.05) is 5.32 Å². The molecule has 0 saturated heterocycles. The van der Waals surface area contributed by atoms with E-state index in [0.29, 0.717) is 5.69 Å². The zero-order valence-electron chi connectivity index (χ0n) is 10.7. The summed E-state index contributed by atoms with van der Waals surface area (Å²) in [5.41, 5.74) is 0.937. The number of hydrogen-bond donors (Lipinski definition) is 1. The van der Waals surface area contributed by atoms with Crippen molar-refractivity contribution in [2.24, 2.45) is 0 Å². The summed E-state index contributed by atoms with van der Waals surface area (Å²) in [6.07, 6.45) is 4.75. The van der Waals surface area contributed by atoms with Crippen LogP contribution in [0.5, 0.6) is 0 Å². The first-order chi connectivity index (χ1) is 10.1. The Hall–Kier alpha value is -2.17. The number of carbonyl (C=O) groups excluding carboxylic acids is 1. The molecule has 0 unspecified atom stereocenters. The van der Waals surface area contributed by atoms with Gasteiger partial charge < -0.3 is 5.32 Å². The van der Waals surface area contributed by atoms with Gasteiger partial charge in [-0.1, -0.05) is 35.3 Å². The zero-order valence-corrected chi connectivity index (χ0v) is 12.2. The van der Waals surface area contributed by atoms with Crippen LogP contribution < -0.4 is 5.32 Å². The Morgan fingerprint density at radius 3 is 2.86 bits per heavy atom. The van der Waals surface area contributed by atoms with E-state index in [9.17, 15) is 4.79 Å². The van der Waals surface area contributed by atoms with Crippen molar-refractivity contribution in [3.05, 3.63) is 64.7 Å². The number of pyridine rings is 2. The van der Waals surface area contributed by atoms with E-state index in [2.05, 4.69) is 15.3 Å². The molecule has 0 bridgehead atoms. The standard InChI is InChI=1S/C15H9Cl2N3O/c16-12-8-19-14(17)6-10(12)15(21)20-13-3-1-2-9-4-5-18-7-11(9)13/h1-8H,(H,20,21). The molecule has 3 rings (SSSR count). The van der Waals surface area contributed by atoms with Crippen molar-refractivity contribution in [3.63, 3.8) is 0 Å². The number of rotatable bonds is 2. The highest BCUT2D eigenvalue weighted by atomic mass is 35.5. The Labute approximate surface area is 130 Å². The molecule has 0 fully saturated rings. The van der Waals surface area contributed by atoms with Crippen molar-refractivity contribution in [2.45, 2.75) is 0 Å². The Bertz CT molecular complexity index is 831. The Morgan fingerprint density at radius 2 is 2.00 bits per heavy atom. The van der Waals surface area contributed by atoms with Gasteiger partial charge in [0.15, 0.2) is 0 Å². The molecule has 1 amide bonds. The van der Waals surface area contributed by atoms with Gasteiger partial charge in [-0.2, -0.15) is 0 Å². The summed E-state index contributed by atoms with van der Waals surface area (Å²) in [5, 5.41) is 5.12. The number of halogens is 2. The quantitative estimate of drug-likeness (QED) is 0.721. The second kappa shape index (κ2) is 5.68. The van der Waals surface area contributed by atoms with Crippen LogP contribution in [0.15, 0.2) is 48.9 Å². The summed E-state index contributed by atoms with van der Waals surface area (Å²) in [7, 11) is 0. The SMILES string of the molecule is O=C(Nc1cccc2ccncc12)c1cc(Cl)ncc1Cl. The van der Waals surface area contributed by atoms with E-state index in [1.807, 2.05) is 18.2 Å². The predicted molar refractivity (Wildman–Crippen MR) is 84.0 cm³/mol. The van der Waals surface area contributed by atoms with Gasteiger partial charge in [0.1, 0.15) is 5.15 Å². The molecule has 21 heavy (non-hydrogen) atoms. The number of fused-ring (bicyclic) bond motifs is 1. The predicted octanol–water partition coefficient (Wildman–Crippen LogP) is 4.19. The van der Waals surface area contributed by atoms with Gasteiger partial charge in [-0.3, -0.25) is 9.78 Å². The van der Waals surface area contributed by atoms with Gasteiger partial charge >= 0.3 is 0 Å². The van der Waals surface area contributed by atoms with Crippen molar-refractivity contribution in [1.82, 2.24) is 9.97 Å². The van der Waals surface area contributed by atoms with Gasteiger partial charge in [0.05, 0.1) is 16.3 Å². The van der Waals surface area contributed by atoms with E-state index in [-0.39, 0.29) is 21.6 Å². The third-order valence-corrected chi connectivity index (χ3v) is 3.51. The summed E-state index contributed by atoms with van der Waals surface area (Å²) in [5.74, 6) is -0.347. The molecule has 1 N–H and O–H groups in total. The lowest BCUT2D eigenvalue weighted by Crippen LogP contribution is -2.13. The van der Waals surface area contributed by atoms with Crippen LogP contribution in [-0.4, -0.2) is 15.9 Å². The van der Waals surface area contributed by atoms with Crippen LogP contribution in [-0.2, 0) is 0 Å². The van der Waals surface area contributed by atoms with E-state index in [0.717, 1.165) is 10.8 Å². The smallest absolute Gasteiger partial charge is 0.257 e. The third-order valence-electron chi connectivity index (χ3n) is 3.00. The fourth-order valence-electron chi connectivity index (χ4n) is 2.00. The largest absolute Gasteiger partial charge is 0.321 e. The molecule has 0 aliphatic rings. The molecule has 4 nitrogen and oxygen atoms in total. The lowest BCUT2D eigenvalue weighted by Gasteiger charge is -2.09. The van der Waals surface area contributed by atoms with Gasteiger partial charge in [0.25, 0.3) is 5.91 Å². The highest BCUT2D eigenvalue weighted by molar-refractivity contribution is 6.35.